The van der Waals surface area contributed by atoms with E-state index in [4.69, 9.17) is 22.6 Å². The first kappa shape index (κ1) is 14.0. The second-order valence-electron chi connectivity index (χ2n) is 4.53. The summed E-state index contributed by atoms with van der Waals surface area (Å²) in [6.07, 6.45) is 1.35. The molecule has 0 fully saturated rings. The number of nitriles is 1. The van der Waals surface area contributed by atoms with Crippen LogP contribution in [0.5, 0.6) is 0 Å². The van der Waals surface area contributed by atoms with E-state index in [0.717, 1.165) is 22.0 Å². The molecule has 2 aromatic rings. The highest BCUT2D eigenvalue weighted by molar-refractivity contribution is 6.31. The molecule has 0 aliphatic rings. The molecule has 4 nitrogen and oxygen atoms in total. The van der Waals surface area contributed by atoms with E-state index in [1.807, 2.05) is 26.0 Å². The Labute approximate surface area is 121 Å². The van der Waals surface area contributed by atoms with Gasteiger partial charge in [0.15, 0.2) is 0 Å². The third-order valence-electron chi connectivity index (χ3n) is 3.10. The maximum Gasteiger partial charge on any atom is 0.259 e. The first-order chi connectivity index (χ1) is 9.42. The zero-order valence-electron chi connectivity index (χ0n) is 11.1. The van der Waals surface area contributed by atoms with Gasteiger partial charge in [-0.25, -0.2) is 4.98 Å². The lowest BCUT2D eigenvalue weighted by molar-refractivity contribution is -0.114. The van der Waals surface area contributed by atoms with Crippen LogP contribution in [0.3, 0.4) is 0 Å². The lowest BCUT2D eigenvalue weighted by Crippen LogP contribution is -2.12. The van der Waals surface area contributed by atoms with Crippen LogP contribution in [-0.2, 0) is 4.79 Å². The van der Waals surface area contributed by atoms with Crippen LogP contribution < -0.4 is 5.73 Å². The molecule has 0 radical (unpaired) electrons. The summed E-state index contributed by atoms with van der Waals surface area (Å²) in [5.41, 5.74) is 8.48. The number of hydrogen-bond donors (Lipinski definition) is 1. The molecule has 0 unspecified atom stereocenters. The number of primary amides is 1. The summed E-state index contributed by atoms with van der Waals surface area (Å²) in [5, 5.41) is 9.99. The minimum atomic E-state index is -0.788. The lowest BCUT2D eigenvalue weighted by atomic mass is 10.0. The van der Waals surface area contributed by atoms with E-state index in [1.54, 1.807) is 12.1 Å². The second kappa shape index (κ2) is 5.32. The molecule has 2 rings (SSSR count). The molecule has 0 spiro atoms. The minimum Gasteiger partial charge on any atom is -0.365 e. The average Bonchev–Trinajstić information content (AvgIpc) is 2.38. The summed E-state index contributed by atoms with van der Waals surface area (Å²) in [6, 6.07) is 7.47. The number of benzene rings is 1. The molecule has 5 heteroatoms. The number of amides is 1. The molecule has 0 aliphatic heterocycles. The number of aryl methyl sites for hydroxylation is 2. The van der Waals surface area contributed by atoms with Gasteiger partial charge in [0.2, 0.25) is 0 Å². The average molecular weight is 286 g/mol. The standard InChI is InChI=1S/C15H12ClN3O/c1-8-3-10-5-11(6-12(7-17)15(18)20)14(16)19-13(10)4-9(8)2/h3-6H,1-2H3,(H2,18,20)/b12-6-. The Morgan fingerprint density at radius 2 is 2.00 bits per heavy atom. The summed E-state index contributed by atoms with van der Waals surface area (Å²) in [7, 11) is 0. The SMILES string of the molecule is Cc1cc2cc(/C=C(/C#N)C(N)=O)c(Cl)nc2cc1C. The normalized spacial score (nSPS) is 11.4. The Bertz CT molecular complexity index is 788. The van der Waals surface area contributed by atoms with Crippen molar-refractivity contribution in [1.82, 2.24) is 4.98 Å². The van der Waals surface area contributed by atoms with Crippen LogP contribution in [0.1, 0.15) is 16.7 Å². The van der Waals surface area contributed by atoms with E-state index in [0.29, 0.717) is 5.56 Å². The highest BCUT2D eigenvalue weighted by Gasteiger charge is 2.09. The first-order valence-corrected chi connectivity index (χ1v) is 6.29. The van der Waals surface area contributed by atoms with Crippen molar-refractivity contribution in [3.8, 4) is 6.07 Å². The maximum absolute atomic E-state index is 11.1. The summed E-state index contributed by atoms with van der Waals surface area (Å²) in [6.45, 7) is 4.00. The van der Waals surface area contributed by atoms with Crippen molar-refractivity contribution in [1.29, 1.82) is 5.26 Å². The molecule has 100 valence electrons. The Morgan fingerprint density at radius 1 is 1.35 bits per heavy atom. The molecular weight excluding hydrogens is 274 g/mol. The van der Waals surface area contributed by atoms with Crippen molar-refractivity contribution in [2.24, 2.45) is 5.73 Å². The number of carbonyl (C=O) groups excluding carboxylic acids is 1. The molecule has 0 saturated heterocycles. The van der Waals surface area contributed by atoms with Crippen LogP contribution in [0.2, 0.25) is 5.15 Å². The molecule has 20 heavy (non-hydrogen) atoms. The molecular formula is C15H12ClN3O. The summed E-state index contributed by atoms with van der Waals surface area (Å²) in [4.78, 5) is 15.4. The number of aromatic nitrogens is 1. The van der Waals surface area contributed by atoms with E-state index in [9.17, 15) is 4.79 Å². The van der Waals surface area contributed by atoms with Gasteiger partial charge in [-0.15, -0.1) is 0 Å². The monoisotopic (exact) mass is 285 g/mol. The maximum atomic E-state index is 11.1. The molecule has 0 saturated carbocycles. The first-order valence-electron chi connectivity index (χ1n) is 5.91. The molecule has 0 aliphatic carbocycles. The van der Waals surface area contributed by atoms with Gasteiger partial charge in [-0.1, -0.05) is 11.6 Å². The van der Waals surface area contributed by atoms with Crippen molar-refractivity contribution in [3.05, 3.63) is 45.6 Å². The molecule has 1 aromatic heterocycles. The number of hydrogen-bond acceptors (Lipinski definition) is 3. The van der Waals surface area contributed by atoms with Gasteiger partial charge >= 0.3 is 0 Å². The summed E-state index contributed by atoms with van der Waals surface area (Å²) >= 11 is 6.08. The van der Waals surface area contributed by atoms with Crippen LogP contribution in [0, 0.1) is 25.2 Å². The minimum absolute atomic E-state index is 0.156. The van der Waals surface area contributed by atoms with Gasteiger partial charge in [-0.2, -0.15) is 5.26 Å². The fourth-order valence-electron chi connectivity index (χ4n) is 1.85. The molecule has 2 N–H and O–H groups in total. The van der Waals surface area contributed by atoms with Crippen molar-refractivity contribution in [2.45, 2.75) is 13.8 Å². The number of nitrogens with zero attached hydrogens (tertiary/aromatic N) is 2. The summed E-state index contributed by atoms with van der Waals surface area (Å²) in [5.74, 6) is -0.788. The van der Waals surface area contributed by atoms with Crippen molar-refractivity contribution < 1.29 is 4.79 Å². The number of nitrogens with two attached hydrogens (primary N) is 1. The number of halogens is 1. The molecule has 1 heterocycles. The number of rotatable bonds is 2. The zero-order chi connectivity index (χ0) is 14.9. The molecule has 0 bridgehead atoms. The van der Waals surface area contributed by atoms with Crippen LogP contribution >= 0.6 is 11.6 Å². The van der Waals surface area contributed by atoms with Gasteiger partial charge in [-0.3, -0.25) is 4.79 Å². The topological polar surface area (TPSA) is 79.8 Å². The highest BCUT2D eigenvalue weighted by Crippen LogP contribution is 2.25. The Kier molecular flexibility index (Phi) is 3.73. The molecule has 1 aromatic carbocycles. The second-order valence-corrected chi connectivity index (χ2v) is 4.89. The largest absolute Gasteiger partial charge is 0.365 e. The number of fused-ring (bicyclic) bond motifs is 1. The molecule has 0 atom stereocenters. The van der Waals surface area contributed by atoms with E-state index < -0.39 is 5.91 Å². The van der Waals surface area contributed by atoms with Crippen LogP contribution in [0.15, 0.2) is 23.8 Å². The van der Waals surface area contributed by atoms with Crippen LogP contribution in [-0.4, -0.2) is 10.9 Å². The van der Waals surface area contributed by atoms with Gasteiger partial charge in [0.25, 0.3) is 5.91 Å². The number of pyridine rings is 1. The zero-order valence-corrected chi connectivity index (χ0v) is 11.8. The quantitative estimate of drug-likeness (QED) is 0.523. The fraction of sp³-hybridized carbons (Fsp3) is 0.133. The smallest absolute Gasteiger partial charge is 0.259 e. The lowest BCUT2D eigenvalue weighted by Gasteiger charge is -2.06. The van der Waals surface area contributed by atoms with E-state index in [-0.39, 0.29) is 10.7 Å². The van der Waals surface area contributed by atoms with Crippen LogP contribution in [0.25, 0.3) is 17.0 Å². The van der Waals surface area contributed by atoms with Crippen LogP contribution in [0.4, 0.5) is 0 Å². The third kappa shape index (κ3) is 2.63. The van der Waals surface area contributed by atoms with Crippen molar-refractivity contribution in [2.75, 3.05) is 0 Å². The highest BCUT2D eigenvalue weighted by atomic mass is 35.5. The Balaban J connectivity index is 2.67. The third-order valence-corrected chi connectivity index (χ3v) is 3.40. The number of carbonyl (C=O) groups is 1. The Hall–Kier alpha value is -2.38. The van der Waals surface area contributed by atoms with Crippen molar-refractivity contribution in [3.63, 3.8) is 0 Å². The van der Waals surface area contributed by atoms with E-state index >= 15 is 0 Å². The predicted molar refractivity (Wildman–Crippen MR) is 79.0 cm³/mol. The van der Waals surface area contributed by atoms with E-state index in [1.165, 1.54) is 6.08 Å². The predicted octanol–water partition coefficient (Wildman–Crippen LogP) is 2.90. The van der Waals surface area contributed by atoms with Gasteiger partial charge in [0.1, 0.15) is 16.8 Å². The Morgan fingerprint density at radius 3 is 2.60 bits per heavy atom. The fourth-order valence-corrected chi connectivity index (χ4v) is 2.05. The van der Waals surface area contributed by atoms with Crippen molar-refractivity contribution >= 4 is 34.5 Å². The van der Waals surface area contributed by atoms with Gasteiger partial charge in [0, 0.05) is 10.9 Å². The van der Waals surface area contributed by atoms with Gasteiger partial charge < -0.3 is 5.73 Å². The van der Waals surface area contributed by atoms with E-state index in [2.05, 4.69) is 4.98 Å². The summed E-state index contributed by atoms with van der Waals surface area (Å²) < 4.78 is 0. The van der Waals surface area contributed by atoms with Gasteiger partial charge in [-0.05, 0) is 49.2 Å². The molecule has 1 amide bonds. The van der Waals surface area contributed by atoms with Gasteiger partial charge in [0.05, 0.1) is 5.52 Å².